The maximum Gasteiger partial charge on any atom is 0.573 e. The molecule has 0 aromatic heterocycles. The van der Waals surface area contributed by atoms with Gasteiger partial charge in [0, 0.05) is 6.42 Å². The van der Waals surface area contributed by atoms with Crippen molar-refractivity contribution in [2.75, 3.05) is 0 Å². The summed E-state index contributed by atoms with van der Waals surface area (Å²) in [4.78, 5) is 0. The minimum Gasteiger partial charge on any atom is -0.406 e. The third kappa shape index (κ3) is 7.22. The number of benzene rings is 1. The molecule has 0 saturated carbocycles. The second-order valence-corrected chi connectivity index (χ2v) is 4.20. The fourth-order valence-corrected chi connectivity index (χ4v) is 1.53. The van der Waals surface area contributed by atoms with Gasteiger partial charge in [0.1, 0.15) is 5.75 Å². The molecule has 0 bridgehead atoms. The Morgan fingerprint density at radius 1 is 1.00 bits per heavy atom. The second-order valence-electron chi connectivity index (χ2n) is 4.20. The van der Waals surface area contributed by atoms with Crippen LogP contribution in [0.5, 0.6) is 5.75 Å². The van der Waals surface area contributed by atoms with Crippen LogP contribution in [0.25, 0.3) is 0 Å². The van der Waals surface area contributed by atoms with Gasteiger partial charge in [0.2, 0.25) is 0 Å². The Hall–Kier alpha value is -1.44. The van der Waals surface area contributed by atoms with E-state index < -0.39 is 37.2 Å². The van der Waals surface area contributed by atoms with E-state index in [0.717, 1.165) is 12.1 Å². The van der Waals surface area contributed by atoms with Crippen LogP contribution < -0.4 is 4.74 Å². The standard InChI is InChI=1S/C12H12F6O2/c13-11(14,15)6-5-9(19)7-8-1-3-10(4-2-8)20-12(16,17)18/h1-4,9,19H,5-7H2. The number of rotatable bonds is 5. The van der Waals surface area contributed by atoms with Gasteiger partial charge in [0.25, 0.3) is 0 Å². The zero-order chi connectivity index (χ0) is 15.4. The Morgan fingerprint density at radius 2 is 1.55 bits per heavy atom. The Morgan fingerprint density at radius 3 is 2.00 bits per heavy atom. The topological polar surface area (TPSA) is 29.5 Å². The highest BCUT2D eigenvalue weighted by molar-refractivity contribution is 5.27. The minimum atomic E-state index is -4.80. The summed E-state index contributed by atoms with van der Waals surface area (Å²) < 4.78 is 75.1. The Labute approximate surface area is 111 Å². The molecule has 0 radical (unpaired) electrons. The third-order valence-corrected chi connectivity index (χ3v) is 2.39. The van der Waals surface area contributed by atoms with Gasteiger partial charge in [-0.2, -0.15) is 13.2 Å². The smallest absolute Gasteiger partial charge is 0.406 e. The molecule has 0 saturated heterocycles. The number of hydrogen-bond acceptors (Lipinski definition) is 2. The fourth-order valence-electron chi connectivity index (χ4n) is 1.53. The Kier molecular flexibility index (Phi) is 5.27. The highest BCUT2D eigenvalue weighted by Gasteiger charge is 2.31. The second kappa shape index (κ2) is 6.34. The number of aliphatic hydroxyl groups is 1. The van der Waals surface area contributed by atoms with Gasteiger partial charge in [0.15, 0.2) is 0 Å². The molecule has 1 aromatic carbocycles. The van der Waals surface area contributed by atoms with Crippen molar-refractivity contribution >= 4 is 0 Å². The van der Waals surface area contributed by atoms with Crippen molar-refractivity contribution < 1.29 is 36.2 Å². The highest BCUT2D eigenvalue weighted by atomic mass is 19.4. The number of ether oxygens (including phenoxy) is 1. The molecule has 8 heteroatoms. The molecule has 0 spiro atoms. The maximum absolute atomic E-state index is 11.9. The van der Waals surface area contributed by atoms with Crippen LogP contribution in [0.15, 0.2) is 24.3 Å². The van der Waals surface area contributed by atoms with Crippen molar-refractivity contribution in [1.82, 2.24) is 0 Å². The van der Waals surface area contributed by atoms with Gasteiger partial charge in [-0.15, -0.1) is 13.2 Å². The molecule has 0 aliphatic rings. The summed E-state index contributed by atoms with van der Waals surface area (Å²) >= 11 is 0. The monoisotopic (exact) mass is 302 g/mol. The molecule has 0 aliphatic carbocycles. The van der Waals surface area contributed by atoms with Crippen molar-refractivity contribution in [2.45, 2.75) is 37.9 Å². The Bertz CT molecular complexity index is 409. The predicted molar refractivity (Wildman–Crippen MR) is 58.1 cm³/mol. The molecule has 20 heavy (non-hydrogen) atoms. The largest absolute Gasteiger partial charge is 0.573 e. The van der Waals surface area contributed by atoms with E-state index >= 15 is 0 Å². The lowest BCUT2D eigenvalue weighted by Gasteiger charge is -2.13. The van der Waals surface area contributed by atoms with Crippen LogP contribution in [0, 0.1) is 0 Å². The lowest BCUT2D eigenvalue weighted by molar-refractivity contribution is -0.274. The summed E-state index contributed by atoms with van der Waals surface area (Å²) in [6.07, 6.45) is -12.0. The van der Waals surface area contributed by atoms with Crippen LogP contribution in [0.4, 0.5) is 26.3 Å². The van der Waals surface area contributed by atoms with Crippen molar-refractivity contribution in [2.24, 2.45) is 0 Å². The van der Waals surface area contributed by atoms with Gasteiger partial charge in [-0.3, -0.25) is 0 Å². The maximum atomic E-state index is 11.9. The van der Waals surface area contributed by atoms with Crippen molar-refractivity contribution in [3.05, 3.63) is 29.8 Å². The van der Waals surface area contributed by atoms with Gasteiger partial charge in [-0.1, -0.05) is 12.1 Å². The third-order valence-electron chi connectivity index (χ3n) is 2.39. The quantitative estimate of drug-likeness (QED) is 0.838. The summed E-state index contributed by atoms with van der Waals surface area (Å²) in [5.74, 6) is -0.425. The van der Waals surface area contributed by atoms with E-state index in [2.05, 4.69) is 4.74 Å². The van der Waals surface area contributed by atoms with Gasteiger partial charge in [-0.25, -0.2) is 0 Å². The van der Waals surface area contributed by atoms with E-state index in [0.29, 0.717) is 5.56 Å². The molecule has 0 heterocycles. The van der Waals surface area contributed by atoms with Gasteiger partial charge < -0.3 is 9.84 Å². The summed E-state index contributed by atoms with van der Waals surface area (Å²) in [6.45, 7) is 0. The summed E-state index contributed by atoms with van der Waals surface area (Å²) in [5.41, 5.74) is 0.425. The lowest BCUT2D eigenvalue weighted by Crippen LogP contribution is -2.17. The molecule has 114 valence electrons. The molecule has 1 rings (SSSR count). The average Bonchev–Trinajstić information content (AvgIpc) is 2.26. The van der Waals surface area contributed by atoms with Gasteiger partial charge in [0.05, 0.1) is 6.10 Å². The first-order valence-electron chi connectivity index (χ1n) is 5.65. The summed E-state index contributed by atoms with van der Waals surface area (Å²) in [7, 11) is 0. The minimum absolute atomic E-state index is 0.0671. The molecule has 1 unspecified atom stereocenters. The van der Waals surface area contributed by atoms with Crippen molar-refractivity contribution in [3.8, 4) is 5.75 Å². The van der Waals surface area contributed by atoms with Crippen molar-refractivity contribution in [1.29, 1.82) is 0 Å². The molecule has 1 N–H and O–H groups in total. The predicted octanol–water partition coefficient (Wildman–Crippen LogP) is 3.83. The zero-order valence-electron chi connectivity index (χ0n) is 10.1. The lowest BCUT2D eigenvalue weighted by atomic mass is 10.0. The van der Waals surface area contributed by atoms with Crippen LogP contribution in [-0.2, 0) is 6.42 Å². The zero-order valence-corrected chi connectivity index (χ0v) is 10.1. The van der Waals surface area contributed by atoms with E-state index in [1.165, 1.54) is 12.1 Å². The highest BCUT2D eigenvalue weighted by Crippen LogP contribution is 2.25. The first-order valence-corrected chi connectivity index (χ1v) is 5.65. The molecule has 1 aromatic rings. The van der Waals surface area contributed by atoms with Crippen molar-refractivity contribution in [3.63, 3.8) is 0 Å². The number of halogens is 6. The first-order chi connectivity index (χ1) is 9.05. The van der Waals surface area contributed by atoms with E-state index in [-0.39, 0.29) is 6.42 Å². The normalized spacial score (nSPS) is 14.2. The Balaban J connectivity index is 2.49. The van der Waals surface area contributed by atoms with Gasteiger partial charge >= 0.3 is 12.5 Å². The van der Waals surface area contributed by atoms with E-state index in [9.17, 15) is 31.4 Å². The summed E-state index contributed by atoms with van der Waals surface area (Å²) in [5, 5.41) is 9.41. The van der Waals surface area contributed by atoms with Crippen LogP contribution >= 0.6 is 0 Å². The van der Waals surface area contributed by atoms with Gasteiger partial charge in [-0.05, 0) is 30.5 Å². The molecule has 1 atom stereocenters. The molecular formula is C12H12F6O2. The number of aliphatic hydroxyl groups excluding tert-OH is 1. The molecule has 0 fully saturated rings. The fraction of sp³-hybridized carbons (Fsp3) is 0.500. The molecule has 0 amide bonds. The van der Waals surface area contributed by atoms with E-state index in [1.807, 2.05) is 0 Å². The van der Waals surface area contributed by atoms with Crippen LogP contribution in [-0.4, -0.2) is 23.7 Å². The average molecular weight is 302 g/mol. The molecular weight excluding hydrogens is 290 g/mol. The molecule has 0 aliphatic heterocycles. The SMILES string of the molecule is OC(CCC(F)(F)F)Cc1ccc(OC(F)(F)F)cc1. The first kappa shape index (κ1) is 16.6. The van der Waals surface area contributed by atoms with Crippen LogP contribution in [0.3, 0.4) is 0 Å². The van der Waals surface area contributed by atoms with Crippen LogP contribution in [0.1, 0.15) is 18.4 Å². The molecule has 2 nitrogen and oxygen atoms in total. The van der Waals surface area contributed by atoms with E-state index in [1.54, 1.807) is 0 Å². The number of alkyl halides is 6. The summed E-state index contributed by atoms with van der Waals surface area (Å²) in [6, 6.07) is 4.61. The van der Waals surface area contributed by atoms with E-state index in [4.69, 9.17) is 0 Å². The number of hydrogen-bond donors (Lipinski definition) is 1. The van der Waals surface area contributed by atoms with Crippen LogP contribution in [0.2, 0.25) is 0 Å².